The predicted octanol–water partition coefficient (Wildman–Crippen LogP) is 3.38. The summed E-state index contributed by atoms with van der Waals surface area (Å²) in [5.74, 6) is 0.190. The van der Waals surface area contributed by atoms with Crippen molar-refractivity contribution in [1.29, 1.82) is 0 Å². The standard InChI is InChI=1S/C20H23N3O2S/c1-13(16-7-5-4-6-8-16)11-21-17(24)9-10-23-12-22-19-18(20(23)25)14(2)15(3)26-19/h4-8,12-13H,9-11H2,1-3H3,(H,21,24). The molecule has 1 unspecified atom stereocenters. The maximum absolute atomic E-state index is 12.6. The number of hydrogen-bond donors (Lipinski definition) is 1. The van der Waals surface area contributed by atoms with Gasteiger partial charge in [-0.25, -0.2) is 4.98 Å². The van der Waals surface area contributed by atoms with E-state index in [1.807, 2.05) is 32.0 Å². The normalized spacial score (nSPS) is 12.3. The van der Waals surface area contributed by atoms with Crippen LogP contribution in [0.25, 0.3) is 10.2 Å². The summed E-state index contributed by atoms with van der Waals surface area (Å²) in [7, 11) is 0. The Balaban J connectivity index is 1.59. The van der Waals surface area contributed by atoms with Gasteiger partial charge < -0.3 is 5.32 Å². The van der Waals surface area contributed by atoms with Crippen LogP contribution in [-0.4, -0.2) is 22.0 Å². The molecule has 1 amide bonds. The van der Waals surface area contributed by atoms with Gasteiger partial charge in [-0.15, -0.1) is 11.3 Å². The lowest BCUT2D eigenvalue weighted by Gasteiger charge is -2.13. The number of aryl methyl sites for hydroxylation is 3. The number of amides is 1. The first-order chi connectivity index (χ1) is 12.5. The van der Waals surface area contributed by atoms with Crippen LogP contribution in [-0.2, 0) is 11.3 Å². The molecule has 6 heteroatoms. The zero-order valence-electron chi connectivity index (χ0n) is 15.3. The molecule has 5 nitrogen and oxygen atoms in total. The van der Waals surface area contributed by atoms with E-state index in [1.165, 1.54) is 21.5 Å². The lowest BCUT2D eigenvalue weighted by atomic mass is 10.0. The molecular formula is C20H23N3O2S. The molecule has 0 bridgehead atoms. The number of hydrogen-bond acceptors (Lipinski definition) is 4. The average Bonchev–Trinajstić information content (AvgIpc) is 2.94. The van der Waals surface area contributed by atoms with E-state index in [1.54, 1.807) is 6.33 Å². The highest BCUT2D eigenvalue weighted by atomic mass is 32.1. The van der Waals surface area contributed by atoms with Gasteiger partial charge in [-0.3, -0.25) is 14.2 Å². The van der Waals surface area contributed by atoms with E-state index in [0.29, 0.717) is 18.5 Å². The summed E-state index contributed by atoms with van der Waals surface area (Å²) in [4.78, 5) is 31.0. The Kier molecular flexibility index (Phi) is 5.52. The van der Waals surface area contributed by atoms with Crippen LogP contribution in [0.2, 0.25) is 0 Å². The number of thiophene rings is 1. The third kappa shape index (κ3) is 3.85. The smallest absolute Gasteiger partial charge is 0.262 e. The molecule has 0 aliphatic carbocycles. The number of benzene rings is 1. The second-order valence-electron chi connectivity index (χ2n) is 6.57. The Hall–Kier alpha value is -2.47. The van der Waals surface area contributed by atoms with E-state index in [9.17, 15) is 9.59 Å². The van der Waals surface area contributed by atoms with Gasteiger partial charge in [0, 0.05) is 24.4 Å². The Labute approximate surface area is 156 Å². The fourth-order valence-electron chi connectivity index (χ4n) is 2.91. The van der Waals surface area contributed by atoms with Crippen LogP contribution in [0.5, 0.6) is 0 Å². The number of nitrogens with zero attached hydrogens (tertiary/aromatic N) is 2. The van der Waals surface area contributed by atoms with Crippen molar-refractivity contribution in [3.63, 3.8) is 0 Å². The minimum absolute atomic E-state index is 0.0574. The molecule has 0 spiro atoms. The summed E-state index contributed by atoms with van der Waals surface area (Å²) in [6.45, 7) is 6.94. The van der Waals surface area contributed by atoms with Crippen molar-refractivity contribution in [2.75, 3.05) is 6.54 Å². The Morgan fingerprint density at radius 2 is 2.00 bits per heavy atom. The van der Waals surface area contributed by atoms with E-state index in [-0.39, 0.29) is 23.8 Å². The van der Waals surface area contributed by atoms with E-state index in [4.69, 9.17) is 0 Å². The largest absolute Gasteiger partial charge is 0.355 e. The summed E-state index contributed by atoms with van der Waals surface area (Å²) in [5.41, 5.74) is 2.11. The molecular weight excluding hydrogens is 346 g/mol. The van der Waals surface area contributed by atoms with Crippen LogP contribution >= 0.6 is 11.3 Å². The lowest BCUT2D eigenvalue weighted by Crippen LogP contribution is -2.30. The number of carbonyl (C=O) groups is 1. The maximum atomic E-state index is 12.6. The molecule has 2 heterocycles. The van der Waals surface area contributed by atoms with Gasteiger partial charge in [0.2, 0.25) is 5.91 Å². The third-order valence-electron chi connectivity index (χ3n) is 4.71. The minimum atomic E-state index is -0.0673. The zero-order chi connectivity index (χ0) is 18.7. The maximum Gasteiger partial charge on any atom is 0.262 e. The van der Waals surface area contributed by atoms with Crippen LogP contribution in [0.4, 0.5) is 0 Å². The average molecular weight is 369 g/mol. The molecule has 1 atom stereocenters. The van der Waals surface area contributed by atoms with Gasteiger partial charge in [0.25, 0.3) is 5.56 Å². The summed E-state index contributed by atoms with van der Waals surface area (Å²) in [5, 5.41) is 3.62. The van der Waals surface area contributed by atoms with Gasteiger partial charge in [-0.2, -0.15) is 0 Å². The summed E-state index contributed by atoms with van der Waals surface area (Å²) >= 11 is 1.53. The van der Waals surface area contributed by atoms with Crippen LogP contribution in [0.1, 0.15) is 35.3 Å². The van der Waals surface area contributed by atoms with Crippen molar-refractivity contribution in [2.45, 2.75) is 39.7 Å². The van der Waals surface area contributed by atoms with Crippen molar-refractivity contribution >= 4 is 27.5 Å². The number of fused-ring (bicyclic) bond motifs is 1. The number of aromatic nitrogens is 2. The van der Waals surface area contributed by atoms with Gasteiger partial charge in [0.15, 0.2) is 0 Å². The molecule has 1 N–H and O–H groups in total. The third-order valence-corrected chi connectivity index (χ3v) is 5.82. The van der Waals surface area contributed by atoms with Crippen molar-refractivity contribution in [1.82, 2.24) is 14.9 Å². The van der Waals surface area contributed by atoms with Crippen molar-refractivity contribution in [3.8, 4) is 0 Å². The highest BCUT2D eigenvalue weighted by molar-refractivity contribution is 7.18. The fraction of sp³-hybridized carbons (Fsp3) is 0.350. The number of rotatable bonds is 6. The molecule has 0 radical (unpaired) electrons. The van der Waals surface area contributed by atoms with Crippen molar-refractivity contribution in [2.24, 2.45) is 0 Å². The molecule has 0 aliphatic heterocycles. The van der Waals surface area contributed by atoms with Crippen LogP contribution in [0.3, 0.4) is 0 Å². The van der Waals surface area contributed by atoms with Gasteiger partial charge in [0.05, 0.1) is 11.7 Å². The predicted molar refractivity (Wildman–Crippen MR) is 106 cm³/mol. The molecule has 3 aromatic rings. The molecule has 0 fully saturated rings. The zero-order valence-corrected chi connectivity index (χ0v) is 16.1. The second kappa shape index (κ2) is 7.83. The second-order valence-corrected chi connectivity index (χ2v) is 7.78. The molecule has 0 saturated heterocycles. The minimum Gasteiger partial charge on any atom is -0.355 e. The first-order valence-corrected chi connectivity index (χ1v) is 9.55. The molecule has 0 saturated carbocycles. The molecule has 26 heavy (non-hydrogen) atoms. The van der Waals surface area contributed by atoms with Crippen LogP contribution in [0.15, 0.2) is 41.5 Å². The summed E-state index contributed by atoms with van der Waals surface area (Å²) < 4.78 is 1.53. The highest BCUT2D eigenvalue weighted by Crippen LogP contribution is 2.25. The lowest BCUT2D eigenvalue weighted by molar-refractivity contribution is -0.121. The van der Waals surface area contributed by atoms with E-state index in [0.717, 1.165) is 15.3 Å². The Morgan fingerprint density at radius 3 is 2.73 bits per heavy atom. The molecule has 2 aromatic heterocycles. The number of carbonyl (C=O) groups excluding carboxylic acids is 1. The van der Waals surface area contributed by atoms with Gasteiger partial charge in [-0.1, -0.05) is 37.3 Å². The quantitative estimate of drug-likeness (QED) is 0.724. The van der Waals surface area contributed by atoms with E-state index in [2.05, 4.69) is 29.4 Å². The topological polar surface area (TPSA) is 64.0 Å². The monoisotopic (exact) mass is 369 g/mol. The fourth-order valence-corrected chi connectivity index (χ4v) is 3.89. The Bertz CT molecular complexity index is 976. The molecule has 3 rings (SSSR count). The molecule has 1 aromatic carbocycles. The van der Waals surface area contributed by atoms with Gasteiger partial charge >= 0.3 is 0 Å². The number of nitrogens with one attached hydrogen (secondary N) is 1. The van der Waals surface area contributed by atoms with Crippen LogP contribution in [0, 0.1) is 13.8 Å². The first kappa shape index (κ1) is 18.3. The van der Waals surface area contributed by atoms with Crippen molar-refractivity contribution < 1.29 is 4.79 Å². The molecule has 136 valence electrons. The molecule has 0 aliphatic rings. The van der Waals surface area contributed by atoms with Crippen molar-refractivity contribution in [3.05, 3.63) is 63.0 Å². The first-order valence-electron chi connectivity index (χ1n) is 8.74. The summed E-state index contributed by atoms with van der Waals surface area (Å²) in [6, 6.07) is 10.1. The SMILES string of the molecule is Cc1sc2ncn(CCC(=O)NCC(C)c3ccccc3)c(=O)c2c1C. The van der Waals surface area contributed by atoms with Crippen LogP contribution < -0.4 is 10.9 Å². The van der Waals surface area contributed by atoms with E-state index >= 15 is 0 Å². The highest BCUT2D eigenvalue weighted by Gasteiger charge is 2.13. The van der Waals surface area contributed by atoms with E-state index < -0.39 is 0 Å². The summed E-state index contributed by atoms with van der Waals surface area (Å²) in [6.07, 6.45) is 1.80. The Morgan fingerprint density at radius 1 is 1.27 bits per heavy atom. The van der Waals surface area contributed by atoms with Gasteiger partial charge in [-0.05, 0) is 30.9 Å². The van der Waals surface area contributed by atoms with Gasteiger partial charge in [0.1, 0.15) is 4.83 Å².